The molecule has 0 atom stereocenters. The molecule has 0 aliphatic carbocycles. The number of rotatable bonds is 3. The number of pyridine rings is 1. The summed E-state index contributed by atoms with van der Waals surface area (Å²) in [5.74, 6) is -0.287. The molecule has 148 valence electrons. The van der Waals surface area contributed by atoms with Gasteiger partial charge in [0.25, 0.3) is 0 Å². The third-order valence-corrected chi connectivity index (χ3v) is 6.41. The first kappa shape index (κ1) is 17.8. The Morgan fingerprint density at radius 1 is 0.871 bits per heavy atom. The fourth-order valence-corrected chi connectivity index (χ4v) is 4.83. The van der Waals surface area contributed by atoms with Crippen LogP contribution in [0.25, 0.3) is 37.5 Å². The number of phenols is 1. The lowest BCUT2D eigenvalue weighted by Gasteiger charge is -2.08. The van der Waals surface area contributed by atoms with Crippen LogP contribution >= 0.6 is 11.3 Å². The number of hydrogen-bond acceptors (Lipinski definition) is 5. The standard InChI is InChI=1S/C25H15N3O2S/c29-21-11-5-1-7-16(21)23(30)15-13-17(25-27-19-9-3-6-12-22(19)31-25)24-26-18-8-2-4-10-20(18)28(24)14-15/h1-14,29H. The molecule has 6 rings (SSSR count). The zero-order chi connectivity index (χ0) is 20.9. The molecule has 0 saturated carbocycles. The number of thiazole rings is 1. The third-order valence-electron chi connectivity index (χ3n) is 5.34. The first-order valence-corrected chi connectivity index (χ1v) is 10.6. The van der Waals surface area contributed by atoms with Gasteiger partial charge in [0.15, 0.2) is 5.78 Å². The number of ketones is 1. The summed E-state index contributed by atoms with van der Waals surface area (Å²) in [7, 11) is 0. The van der Waals surface area contributed by atoms with Crippen molar-refractivity contribution in [1.29, 1.82) is 0 Å². The first-order valence-electron chi connectivity index (χ1n) is 9.78. The molecule has 5 nitrogen and oxygen atoms in total. The maximum absolute atomic E-state index is 13.3. The Morgan fingerprint density at radius 2 is 1.61 bits per heavy atom. The van der Waals surface area contributed by atoms with E-state index in [2.05, 4.69) is 0 Å². The van der Waals surface area contributed by atoms with Gasteiger partial charge in [-0.15, -0.1) is 11.3 Å². The van der Waals surface area contributed by atoms with Crippen molar-refractivity contribution in [3.8, 4) is 16.3 Å². The van der Waals surface area contributed by atoms with Gasteiger partial charge < -0.3 is 5.11 Å². The molecule has 0 aliphatic rings. The van der Waals surface area contributed by atoms with E-state index in [1.807, 2.05) is 59.0 Å². The number of phenolic OH excluding ortho intramolecular Hbond substituents is 1. The number of carbonyl (C=O) groups excluding carboxylic acids is 1. The van der Waals surface area contributed by atoms with Crippen LogP contribution < -0.4 is 0 Å². The number of imidazole rings is 1. The van der Waals surface area contributed by atoms with Crippen LogP contribution in [0.5, 0.6) is 5.75 Å². The molecule has 3 heterocycles. The highest BCUT2D eigenvalue weighted by molar-refractivity contribution is 7.21. The Labute approximate surface area is 180 Å². The Bertz CT molecular complexity index is 1600. The molecular weight excluding hydrogens is 406 g/mol. The summed E-state index contributed by atoms with van der Waals surface area (Å²) in [4.78, 5) is 22.9. The maximum Gasteiger partial charge on any atom is 0.198 e. The van der Waals surface area contributed by atoms with E-state index >= 15 is 0 Å². The predicted molar refractivity (Wildman–Crippen MR) is 123 cm³/mol. The van der Waals surface area contributed by atoms with Crippen LogP contribution in [0, 0.1) is 0 Å². The molecule has 0 saturated heterocycles. The van der Waals surface area contributed by atoms with Gasteiger partial charge in [0.2, 0.25) is 0 Å². The van der Waals surface area contributed by atoms with Crippen molar-refractivity contribution in [3.63, 3.8) is 0 Å². The zero-order valence-corrected chi connectivity index (χ0v) is 17.0. The fraction of sp³-hybridized carbons (Fsp3) is 0. The van der Waals surface area contributed by atoms with Crippen LogP contribution in [0.3, 0.4) is 0 Å². The lowest BCUT2D eigenvalue weighted by atomic mass is 10.0. The number of carbonyl (C=O) groups is 1. The highest BCUT2D eigenvalue weighted by atomic mass is 32.1. The van der Waals surface area contributed by atoms with E-state index in [9.17, 15) is 9.90 Å². The Morgan fingerprint density at radius 3 is 2.45 bits per heavy atom. The van der Waals surface area contributed by atoms with E-state index in [4.69, 9.17) is 9.97 Å². The van der Waals surface area contributed by atoms with Crippen molar-refractivity contribution in [1.82, 2.24) is 14.4 Å². The molecule has 31 heavy (non-hydrogen) atoms. The molecule has 0 amide bonds. The van der Waals surface area contributed by atoms with Crippen molar-refractivity contribution in [3.05, 3.63) is 96.2 Å². The van der Waals surface area contributed by atoms with Gasteiger partial charge in [-0.2, -0.15) is 0 Å². The molecule has 0 aliphatic heterocycles. The van der Waals surface area contributed by atoms with E-state index < -0.39 is 0 Å². The second-order valence-corrected chi connectivity index (χ2v) is 8.30. The summed E-state index contributed by atoms with van der Waals surface area (Å²) in [6, 6.07) is 24.2. The van der Waals surface area contributed by atoms with Gasteiger partial charge in [-0.3, -0.25) is 9.20 Å². The lowest BCUT2D eigenvalue weighted by molar-refractivity contribution is 0.103. The first-order chi connectivity index (χ1) is 15.2. The summed E-state index contributed by atoms with van der Waals surface area (Å²) >= 11 is 1.57. The predicted octanol–water partition coefficient (Wildman–Crippen LogP) is 5.70. The number of para-hydroxylation sites is 4. The van der Waals surface area contributed by atoms with Gasteiger partial charge in [-0.1, -0.05) is 36.4 Å². The van der Waals surface area contributed by atoms with Gasteiger partial charge in [0, 0.05) is 11.8 Å². The van der Waals surface area contributed by atoms with Crippen LogP contribution in [-0.4, -0.2) is 25.3 Å². The summed E-state index contributed by atoms with van der Waals surface area (Å²) in [6.45, 7) is 0. The van der Waals surface area contributed by atoms with E-state index in [0.29, 0.717) is 5.56 Å². The number of aromatic nitrogens is 3. The molecule has 0 bridgehead atoms. The minimum atomic E-state index is -0.250. The van der Waals surface area contributed by atoms with Gasteiger partial charge in [-0.25, -0.2) is 9.97 Å². The average Bonchev–Trinajstić information content (AvgIpc) is 3.40. The lowest BCUT2D eigenvalue weighted by Crippen LogP contribution is -2.04. The highest BCUT2D eigenvalue weighted by Crippen LogP contribution is 2.35. The second kappa shape index (κ2) is 6.75. The van der Waals surface area contributed by atoms with Crippen molar-refractivity contribution in [2.24, 2.45) is 0 Å². The van der Waals surface area contributed by atoms with Crippen molar-refractivity contribution >= 4 is 44.0 Å². The minimum Gasteiger partial charge on any atom is -0.507 e. The molecule has 0 unspecified atom stereocenters. The Hall–Kier alpha value is -4.03. The number of aromatic hydroxyl groups is 1. The molecular formula is C25H15N3O2S. The quantitative estimate of drug-likeness (QED) is 0.372. The zero-order valence-electron chi connectivity index (χ0n) is 16.2. The van der Waals surface area contributed by atoms with Crippen molar-refractivity contribution in [2.75, 3.05) is 0 Å². The number of hydrogen-bond donors (Lipinski definition) is 1. The Balaban J connectivity index is 1.66. The maximum atomic E-state index is 13.3. The van der Waals surface area contributed by atoms with Gasteiger partial charge in [0.05, 0.1) is 32.4 Å². The summed E-state index contributed by atoms with van der Waals surface area (Å²) < 4.78 is 3.01. The molecule has 6 heteroatoms. The van der Waals surface area contributed by atoms with Gasteiger partial charge in [0.1, 0.15) is 16.4 Å². The molecule has 0 radical (unpaired) electrons. The van der Waals surface area contributed by atoms with E-state index in [1.165, 1.54) is 6.07 Å². The van der Waals surface area contributed by atoms with E-state index in [0.717, 1.165) is 37.5 Å². The second-order valence-electron chi connectivity index (χ2n) is 7.27. The number of nitrogens with zero attached hydrogens (tertiary/aromatic N) is 3. The van der Waals surface area contributed by atoms with Crippen LogP contribution in [0.1, 0.15) is 15.9 Å². The van der Waals surface area contributed by atoms with Gasteiger partial charge in [-0.05, 0) is 42.5 Å². The SMILES string of the molecule is O=C(c1cc(-c2nc3ccccc3s2)c2nc3ccccc3n2c1)c1ccccc1O. The highest BCUT2D eigenvalue weighted by Gasteiger charge is 2.20. The summed E-state index contributed by atoms with van der Waals surface area (Å²) in [6.07, 6.45) is 1.79. The van der Waals surface area contributed by atoms with Crippen LogP contribution in [0.2, 0.25) is 0 Å². The topological polar surface area (TPSA) is 67.5 Å². The Kier molecular flexibility index (Phi) is 3.88. The van der Waals surface area contributed by atoms with Crippen molar-refractivity contribution < 1.29 is 9.90 Å². The largest absolute Gasteiger partial charge is 0.507 e. The average molecular weight is 421 g/mol. The molecule has 6 aromatic rings. The number of benzene rings is 3. The minimum absolute atomic E-state index is 0.0374. The molecule has 3 aromatic carbocycles. The van der Waals surface area contributed by atoms with Gasteiger partial charge >= 0.3 is 0 Å². The monoisotopic (exact) mass is 421 g/mol. The molecule has 3 aromatic heterocycles. The van der Waals surface area contributed by atoms with Crippen LogP contribution in [-0.2, 0) is 0 Å². The van der Waals surface area contributed by atoms with E-state index in [1.54, 1.807) is 35.7 Å². The molecule has 1 N–H and O–H groups in total. The smallest absolute Gasteiger partial charge is 0.198 e. The summed E-state index contributed by atoms with van der Waals surface area (Å²) in [5, 5.41) is 11.0. The number of fused-ring (bicyclic) bond motifs is 4. The third kappa shape index (κ3) is 2.80. The molecule has 0 spiro atoms. The summed E-state index contributed by atoms with van der Waals surface area (Å²) in [5.41, 5.74) is 4.93. The van der Waals surface area contributed by atoms with Crippen LogP contribution in [0.4, 0.5) is 0 Å². The van der Waals surface area contributed by atoms with Crippen LogP contribution in [0.15, 0.2) is 85.1 Å². The normalized spacial score (nSPS) is 11.5. The van der Waals surface area contributed by atoms with Crippen molar-refractivity contribution in [2.45, 2.75) is 0 Å². The van der Waals surface area contributed by atoms with E-state index in [-0.39, 0.29) is 17.1 Å². The fourth-order valence-electron chi connectivity index (χ4n) is 3.85. The molecule has 0 fully saturated rings.